The van der Waals surface area contributed by atoms with Crippen LogP contribution in [0.25, 0.3) is 11.3 Å². The third-order valence-corrected chi connectivity index (χ3v) is 4.72. The van der Waals surface area contributed by atoms with Crippen molar-refractivity contribution in [2.24, 2.45) is 0 Å². The topological polar surface area (TPSA) is 60.5 Å². The van der Waals surface area contributed by atoms with Crippen LogP contribution in [-0.4, -0.2) is 24.6 Å². The average Bonchev–Trinajstić information content (AvgIpc) is 3.01. The number of benzene rings is 2. The number of amides is 1. The summed E-state index contributed by atoms with van der Waals surface area (Å²) in [5.74, 6) is 0.452. The van der Waals surface area contributed by atoms with Crippen LogP contribution in [-0.2, 0) is 4.79 Å². The van der Waals surface area contributed by atoms with E-state index >= 15 is 0 Å². The van der Waals surface area contributed by atoms with Gasteiger partial charge in [0.25, 0.3) is 5.91 Å². The van der Waals surface area contributed by atoms with E-state index in [4.69, 9.17) is 9.47 Å². The van der Waals surface area contributed by atoms with Crippen molar-refractivity contribution in [1.82, 2.24) is 4.98 Å². The van der Waals surface area contributed by atoms with Crippen LogP contribution in [0, 0.1) is 19.7 Å². The smallest absolute Gasteiger partial charge is 0.264 e. The summed E-state index contributed by atoms with van der Waals surface area (Å²) < 4.78 is 23.9. The zero-order valence-corrected chi connectivity index (χ0v) is 16.0. The van der Waals surface area contributed by atoms with E-state index in [0.717, 1.165) is 21.7 Å². The van der Waals surface area contributed by atoms with Crippen LogP contribution in [0.4, 0.5) is 9.52 Å². The molecule has 7 heteroatoms. The van der Waals surface area contributed by atoms with Gasteiger partial charge in [0.15, 0.2) is 23.2 Å². The van der Waals surface area contributed by atoms with Gasteiger partial charge in [0.2, 0.25) is 0 Å². The number of ether oxygens (including phenoxy) is 2. The number of aromatic nitrogens is 1. The number of nitrogens with zero attached hydrogens (tertiary/aromatic N) is 1. The second-order valence-electron chi connectivity index (χ2n) is 5.92. The zero-order valence-electron chi connectivity index (χ0n) is 15.2. The number of thiazole rings is 1. The first kappa shape index (κ1) is 18.8. The minimum absolute atomic E-state index is 0.163. The minimum Gasteiger partial charge on any atom is -0.493 e. The van der Waals surface area contributed by atoms with Crippen molar-refractivity contribution in [1.29, 1.82) is 0 Å². The summed E-state index contributed by atoms with van der Waals surface area (Å²) in [6.45, 7) is 3.69. The second kappa shape index (κ2) is 8.18. The standard InChI is InChI=1S/C20H19FN2O3S/c1-12-4-9-16(17(10-12)25-3)26-11-18(24)22-20-23-19(13(2)27-20)14-5-7-15(21)8-6-14/h4-10H,11H2,1-3H3,(H,22,23,24). The lowest BCUT2D eigenvalue weighted by Crippen LogP contribution is -2.20. The maximum atomic E-state index is 13.1. The van der Waals surface area contributed by atoms with Crippen molar-refractivity contribution < 1.29 is 18.7 Å². The second-order valence-corrected chi connectivity index (χ2v) is 7.13. The first-order valence-electron chi connectivity index (χ1n) is 8.27. The highest BCUT2D eigenvalue weighted by atomic mass is 32.1. The fourth-order valence-corrected chi connectivity index (χ4v) is 3.37. The van der Waals surface area contributed by atoms with Gasteiger partial charge in [-0.3, -0.25) is 10.1 Å². The number of hydrogen-bond acceptors (Lipinski definition) is 5. The van der Waals surface area contributed by atoms with Gasteiger partial charge < -0.3 is 9.47 Å². The number of nitrogens with one attached hydrogen (secondary N) is 1. The van der Waals surface area contributed by atoms with Crippen molar-refractivity contribution in [3.05, 3.63) is 58.7 Å². The fraction of sp³-hybridized carbons (Fsp3) is 0.200. The molecule has 5 nitrogen and oxygen atoms in total. The van der Waals surface area contributed by atoms with Crippen molar-refractivity contribution in [3.63, 3.8) is 0 Å². The molecule has 1 amide bonds. The number of carbonyl (C=O) groups excluding carboxylic acids is 1. The molecule has 0 spiro atoms. The molecule has 0 saturated heterocycles. The molecule has 0 aliphatic heterocycles. The number of hydrogen-bond donors (Lipinski definition) is 1. The molecule has 0 fully saturated rings. The van der Waals surface area contributed by atoms with Gasteiger partial charge in [0.05, 0.1) is 12.8 Å². The SMILES string of the molecule is COc1cc(C)ccc1OCC(=O)Nc1nc(-c2ccc(F)cc2)c(C)s1. The highest BCUT2D eigenvalue weighted by Crippen LogP contribution is 2.31. The molecule has 1 heterocycles. The molecule has 3 aromatic rings. The Balaban J connectivity index is 1.65. The lowest BCUT2D eigenvalue weighted by atomic mass is 10.1. The van der Waals surface area contributed by atoms with Crippen LogP contribution in [0.2, 0.25) is 0 Å². The molecule has 1 aromatic heterocycles. The molecule has 2 aromatic carbocycles. The van der Waals surface area contributed by atoms with Crippen LogP contribution in [0.3, 0.4) is 0 Å². The maximum absolute atomic E-state index is 13.1. The lowest BCUT2D eigenvalue weighted by Gasteiger charge is -2.10. The molecule has 0 atom stereocenters. The molecule has 140 valence electrons. The zero-order chi connectivity index (χ0) is 19.4. The predicted octanol–water partition coefficient (Wildman–Crippen LogP) is 4.59. The van der Waals surface area contributed by atoms with Crippen LogP contribution < -0.4 is 14.8 Å². The number of methoxy groups -OCH3 is 1. The monoisotopic (exact) mass is 386 g/mol. The van der Waals surface area contributed by atoms with Gasteiger partial charge in [-0.1, -0.05) is 6.07 Å². The molecule has 0 saturated carbocycles. The Morgan fingerprint density at radius 2 is 1.89 bits per heavy atom. The Morgan fingerprint density at radius 1 is 1.15 bits per heavy atom. The van der Waals surface area contributed by atoms with Crippen LogP contribution in [0.1, 0.15) is 10.4 Å². The molecule has 1 N–H and O–H groups in total. The summed E-state index contributed by atoms with van der Waals surface area (Å²) in [7, 11) is 1.55. The summed E-state index contributed by atoms with van der Waals surface area (Å²) in [6.07, 6.45) is 0. The number of anilines is 1. The molecule has 27 heavy (non-hydrogen) atoms. The van der Waals surface area contributed by atoms with Gasteiger partial charge in [0.1, 0.15) is 5.82 Å². The van der Waals surface area contributed by atoms with Gasteiger partial charge in [-0.2, -0.15) is 0 Å². The third-order valence-electron chi connectivity index (χ3n) is 3.84. The Kier molecular flexibility index (Phi) is 5.71. The van der Waals surface area contributed by atoms with E-state index in [9.17, 15) is 9.18 Å². The third kappa shape index (κ3) is 4.62. The number of carbonyl (C=O) groups is 1. The van der Waals surface area contributed by atoms with Crippen molar-refractivity contribution >= 4 is 22.4 Å². The highest BCUT2D eigenvalue weighted by molar-refractivity contribution is 7.16. The lowest BCUT2D eigenvalue weighted by molar-refractivity contribution is -0.118. The quantitative estimate of drug-likeness (QED) is 0.673. The Bertz CT molecular complexity index is 954. The largest absolute Gasteiger partial charge is 0.493 e. The van der Waals surface area contributed by atoms with E-state index in [-0.39, 0.29) is 18.3 Å². The summed E-state index contributed by atoms with van der Waals surface area (Å²) in [6, 6.07) is 11.6. The van der Waals surface area contributed by atoms with Gasteiger partial charge in [-0.05, 0) is 55.8 Å². The fourth-order valence-electron chi connectivity index (χ4n) is 2.52. The van der Waals surface area contributed by atoms with Crippen molar-refractivity contribution in [3.8, 4) is 22.8 Å². The average molecular weight is 386 g/mol. The van der Waals surface area contributed by atoms with E-state index in [0.29, 0.717) is 16.6 Å². The molecule has 0 aliphatic carbocycles. The highest BCUT2D eigenvalue weighted by Gasteiger charge is 2.13. The van der Waals surface area contributed by atoms with Crippen LogP contribution in [0.5, 0.6) is 11.5 Å². The Hall–Kier alpha value is -2.93. The molecule has 0 aliphatic rings. The summed E-state index contributed by atoms with van der Waals surface area (Å²) in [5, 5.41) is 3.20. The molecule has 3 rings (SSSR count). The van der Waals surface area contributed by atoms with Gasteiger partial charge >= 0.3 is 0 Å². The van der Waals surface area contributed by atoms with Gasteiger partial charge in [0, 0.05) is 10.4 Å². The van der Waals surface area contributed by atoms with Crippen molar-refractivity contribution in [2.75, 3.05) is 19.0 Å². The first-order chi connectivity index (χ1) is 13.0. The van der Waals surface area contributed by atoms with Gasteiger partial charge in [-0.25, -0.2) is 9.37 Å². The first-order valence-corrected chi connectivity index (χ1v) is 9.08. The molecular weight excluding hydrogens is 367 g/mol. The predicted molar refractivity (Wildman–Crippen MR) is 104 cm³/mol. The van der Waals surface area contributed by atoms with Crippen molar-refractivity contribution in [2.45, 2.75) is 13.8 Å². The molecule has 0 unspecified atom stereocenters. The van der Waals surface area contributed by atoms with E-state index in [2.05, 4.69) is 10.3 Å². The Morgan fingerprint density at radius 3 is 2.59 bits per heavy atom. The van der Waals surface area contributed by atoms with Gasteiger partial charge in [-0.15, -0.1) is 11.3 Å². The van der Waals surface area contributed by atoms with E-state index in [1.165, 1.54) is 23.5 Å². The van der Waals surface area contributed by atoms with E-state index in [1.807, 2.05) is 26.0 Å². The normalized spacial score (nSPS) is 10.5. The number of rotatable bonds is 6. The van der Waals surface area contributed by atoms with E-state index < -0.39 is 0 Å². The van der Waals surface area contributed by atoms with E-state index in [1.54, 1.807) is 25.3 Å². The number of halogens is 1. The maximum Gasteiger partial charge on any atom is 0.264 e. The van der Waals surface area contributed by atoms with Crippen LogP contribution >= 0.6 is 11.3 Å². The summed E-state index contributed by atoms with van der Waals surface area (Å²) in [5.41, 5.74) is 2.55. The minimum atomic E-state index is -0.322. The summed E-state index contributed by atoms with van der Waals surface area (Å²) in [4.78, 5) is 17.6. The summed E-state index contributed by atoms with van der Waals surface area (Å²) >= 11 is 1.36. The molecular formula is C20H19FN2O3S. The Labute approximate surface area is 160 Å². The number of aryl methyl sites for hydroxylation is 2. The molecule has 0 radical (unpaired) electrons. The van der Waals surface area contributed by atoms with Crippen LogP contribution in [0.15, 0.2) is 42.5 Å². The molecule has 0 bridgehead atoms.